The molecule has 1 aromatic heterocycles. The zero-order chi connectivity index (χ0) is 9.42. The number of H-pyrrole nitrogens is 1. The molecule has 0 aliphatic heterocycles. The summed E-state index contributed by atoms with van der Waals surface area (Å²) in [7, 11) is 0. The minimum atomic E-state index is -0.836. The van der Waals surface area contributed by atoms with Crippen LogP contribution in [0.15, 0.2) is 6.20 Å². The van der Waals surface area contributed by atoms with Crippen LogP contribution in [-0.2, 0) is 4.79 Å². The third-order valence-electron chi connectivity index (χ3n) is 2.41. The number of carboxylic acid groups (broad SMARTS) is 1. The van der Waals surface area contributed by atoms with Crippen molar-refractivity contribution < 1.29 is 9.90 Å². The largest absolute Gasteiger partial charge is 0.481 e. The predicted octanol–water partition coefficient (Wildman–Crippen LogP) is 1.48. The average Bonchev–Trinajstić information content (AvgIpc) is 2.83. The average molecular weight is 180 g/mol. The summed E-state index contributed by atoms with van der Waals surface area (Å²) in [4.78, 5) is 17.8. The first-order valence-corrected chi connectivity index (χ1v) is 4.46. The lowest BCUT2D eigenvalue weighted by molar-refractivity contribution is -0.138. The molecule has 0 spiro atoms. The van der Waals surface area contributed by atoms with Gasteiger partial charge in [-0.3, -0.25) is 4.79 Å². The van der Waals surface area contributed by atoms with Gasteiger partial charge in [-0.15, -0.1) is 0 Å². The summed E-state index contributed by atoms with van der Waals surface area (Å²) in [6, 6.07) is 0. The van der Waals surface area contributed by atoms with E-state index >= 15 is 0 Å². The second kappa shape index (κ2) is 2.87. The summed E-state index contributed by atoms with van der Waals surface area (Å²) in [5.41, 5.74) is 1.09. The van der Waals surface area contributed by atoms with Crippen molar-refractivity contribution in [3.63, 3.8) is 0 Å². The van der Waals surface area contributed by atoms with Crippen LogP contribution in [0.5, 0.6) is 0 Å². The molecule has 1 unspecified atom stereocenters. The number of nitrogens with zero attached hydrogens (tertiary/aromatic N) is 1. The second-order valence-electron chi connectivity index (χ2n) is 3.56. The van der Waals surface area contributed by atoms with Gasteiger partial charge in [0, 0.05) is 17.8 Å². The van der Waals surface area contributed by atoms with Gasteiger partial charge < -0.3 is 10.1 Å². The molecular formula is C9H12N2O2. The highest BCUT2D eigenvalue weighted by molar-refractivity contribution is 5.74. The topological polar surface area (TPSA) is 66.0 Å². The number of carboxylic acids is 1. The van der Waals surface area contributed by atoms with Gasteiger partial charge in [0.1, 0.15) is 11.7 Å². The van der Waals surface area contributed by atoms with Gasteiger partial charge >= 0.3 is 5.97 Å². The smallest absolute Gasteiger partial charge is 0.313 e. The predicted molar refractivity (Wildman–Crippen MR) is 46.6 cm³/mol. The Hall–Kier alpha value is -1.32. The van der Waals surface area contributed by atoms with Crippen LogP contribution in [-0.4, -0.2) is 21.0 Å². The molecule has 1 aromatic rings. The van der Waals surface area contributed by atoms with Crippen LogP contribution in [0.25, 0.3) is 0 Å². The lowest BCUT2D eigenvalue weighted by Crippen LogP contribution is -2.08. The number of rotatable bonds is 3. The number of imidazole rings is 1. The number of hydrogen-bond acceptors (Lipinski definition) is 2. The van der Waals surface area contributed by atoms with E-state index in [4.69, 9.17) is 5.11 Å². The number of hydrogen-bond donors (Lipinski definition) is 2. The molecule has 4 nitrogen and oxygen atoms in total. The lowest BCUT2D eigenvalue weighted by Gasteiger charge is -2.00. The van der Waals surface area contributed by atoms with Crippen molar-refractivity contribution in [2.45, 2.75) is 31.6 Å². The third kappa shape index (κ3) is 1.56. The Morgan fingerprint density at radius 3 is 3.00 bits per heavy atom. The van der Waals surface area contributed by atoms with Gasteiger partial charge in [0.25, 0.3) is 0 Å². The summed E-state index contributed by atoms with van der Waals surface area (Å²) in [6.07, 6.45) is 4.15. The van der Waals surface area contributed by atoms with E-state index in [1.807, 2.05) is 0 Å². The number of aliphatic carboxylic acids is 1. The van der Waals surface area contributed by atoms with E-state index in [1.165, 1.54) is 12.8 Å². The maximum atomic E-state index is 10.6. The van der Waals surface area contributed by atoms with Crippen LogP contribution in [0.1, 0.15) is 43.1 Å². The Labute approximate surface area is 76.0 Å². The summed E-state index contributed by atoms with van der Waals surface area (Å²) >= 11 is 0. The Kier molecular flexibility index (Phi) is 1.83. The van der Waals surface area contributed by atoms with Crippen LogP contribution in [0.3, 0.4) is 0 Å². The molecule has 2 N–H and O–H groups in total. The molecule has 0 radical (unpaired) electrons. The van der Waals surface area contributed by atoms with Crippen LogP contribution in [0, 0.1) is 0 Å². The Bertz CT molecular complexity index is 328. The van der Waals surface area contributed by atoms with E-state index in [0.29, 0.717) is 11.7 Å². The second-order valence-corrected chi connectivity index (χ2v) is 3.56. The SMILES string of the molecule is CC(C(=O)O)c1ncc(C2CC2)[nH]1. The minimum absolute atomic E-state index is 0.535. The molecule has 1 fully saturated rings. The molecule has 0 saturated heterocycles. The Balaban J connectivity index is 2.16. The molecule has 0 bridgehead atoms. The maximum absolute atomic E-state index is 10.6. The van der Waals surface area contributed by atoms with Crippen molar-refractivity contribution in [2.75, 3.05) is 0 Å². The van der Waals surface area contributed by atoms with Crippen molar-refractivity contribution in [1.29, 1.82) is 0 Å². The van der Waals surface area contributed by atoms with Crippen molar-refractivity contribution in [3.05, 3.63) is 17.7 Å². The van der Waals surface area contributed by atoms with Gasteiger partial charge in [-0.1, -0.05) is 0 Å². The molecule has 2 rings (SSSR count). The lowest BCUT2D eigenvalue weighted by atomic mass is 10.2. The Morgan fingerprint density at radius 2 is 2.46 bits per heavy atom. The van der Waals surface area contributed by atoms with Crippen molar-refractivity contribution in [1.82, 2.24) is 9.97 Å². The monoisotopic (exact) mass is 180 g/mol. The molecule has 1 heterocycles. The third-order valence-corrected chi connectivity index (χ3v) is 2.41. The van der Waals surface area contributed by atoms with E-state index < -0.39 is 11.9 Å². The first kappa shape index (κ1) is 8.29. The summed E-state index contributed by atoms with van der Waals surface area (Å²) < 4.78 is 0. The van der Waals surface area contributed by atoms with Crippen molar-refractivity contribution in [3.8, 4) is 0 Å². The Morgan fingerprint density at radius 1 is 1.77 bits per heavy atom. The van der Waals surface area contributed by atoms with Gasteiger partial charge in [-0.05, 0) is 19.8 Å². The normalized spacial score (nSPS) is 18.5. The first-order chi connectivity index (χ1) is 6.18. The molecule has 4 heteroatoms. The zero-order valence-electron chi connectivity index (χ0n) is 7.45. The maximum Gasteiger partial charge on any atom is 0.313 e. The fraction of sp³-hybridized carbons (Fsp3) is 0.556. The molecular weight excluding hydrogens is 168 g/mol. The van der Waals surface area contributed by atoms with Crippen LogP contribution in [0.4, 0.5) is 0 Å². The fourth-order valence-electron chi connectivity index (χ4n) is 1.29. The number of aromatic amines is 1. The van der Waals surface area contributed by atoms with E-state index in [2.05, 4.69) is 9.97 Å². The summed E-state index contributed by atoms with van der Waals surface area (Å²) in [5, 5.41) is 8.74. The highest BCUT2D eigenvalue weighted by Crippen LogP contribution is 2.39. The van der Waals surface area contributed by atoms with Gasteiger partial charge in [-0.25, -0.2) is 4.98 Å². The van der Waals surface area contributed by atoms with Gasteiger partial charge in [0.05, 0.1) is 0 Å². The molecule has 1 aliphatic carbocycles. The standard InChI is InChI=1S/C9H12N2O2/c1-5(9(12)13)8-10-4-7(11-8)6-2-3-6/h4-6H,2-3H2,1H3,(H,10,11)(H,12,13). The van der Waals surface area contributed by atoms with Gasteiger partial charge in [-0.2, -0.15) is 0 Å². The summed E-state index contributed by atoms with van der Waals surface area (Å²) in [5.74, 6) is -0.208. The van der Waals surface area contributed by atoms with Crippen molar-refractivity contribution >= 4 is 5.97 Å². The first-order valence-electron chi connectivity index (χ1n) is 4.46. The molecule has 70 valence electrons. The highest BCUT2D eigenvalue weighted by Gasteiger charge is 2.27. The fourth-order valence-corrected chi connectivity index (χ4v) is 1.29. The minimum Gasteiger partial charge on any atom is -0.481 e. The highest BCUT2D eigenvalue weighted by atomic mass is 16.4. The molecule has 13 heavy (non-hydrogen) atoms. The zero-order valence-corrected chi connectivity index (χ0v) is 7.45. The number of aromatic nitrogens is 2. The van der Waals surface area contributed by atoms with E-state index in [9.17, 15) is 4.79 Å². The van der Waals surface area contributed by atoms with Crippen molar-refractivity contribution in [2.24, 2.45) is 0 Å². The summed E-state index contributed by atoms with van der Waals surface area (Å²) in [6.45, 7) is 1.64. The molecule has 1 aliphatic rings. The molecule has 0 aromatic carbocycles. The van der Waals surface area contributed by atoms with E-state index in [0.717, 1.165) is 5.69 Å². The van der Waals surface area contributed by atoms with E-state index in [-0.39, 0.29) is 0 Å². The van der Waals surface area contributed by atoms with E-state index in [1.54, 1.807) is 13.1 Å². The van der Waals surface area contributed by atoms with Gasteiger partial charge in [0.15, 0.2) is 0 Å². The van der Waals surface area contributed by atoms with Crippen LogP contribution >= 0.6 is 0 Å². The van der Waals surface area contributed by atoms with Crippen LogP contribution < -0.4 is 0 Å². The van der Waals surface area contributed by atoms with Gasteiger partial charge in [0.2, 0.25) is 0 Å². The number of nitrogens with one attached hydrogen (secondary N) is 1. The molecule has 1 saturated carbocycles. The molecule has 0 amide bonds. The van der Waals surface area contributed by atoms with Crippen LogP contribution in [0.2, 0.25) is 0 Å². The number of carbonyl (C=O) groups is 1. The molecule has 1 atom stereocenters. The quantitative estimate of drug-likeness (QED) is 0.740.